The summed E-state index contributed by atoms with van der Waals surface area (Å²) in [7, 11) is 1.64. The van der Waals surface area contributed by atoms with Gasteiger partial charge in [-0.1, -0.05) is 26.0 Å². The lowest BCUT2D eigenvalue weighted by atomic mass is 9.84. The van der Waals surface area contributed by atoms with Gasteiger partial charge < -0.3 is 15.8 Å². The molecule has 1 amide bonds. The number of rotatable bonds is 5. The minimum absolute atomic E-state index is 0. The molecule has 3 N–H and O–H groups in total. The van der Waals surface area contributed by atoms with Crippen molar-refractivity contribution < 1.29 is 9.53 Å². The Kier molecular flexibility index (Phi) is 6.87. The molecule has 0 fully saturated rings. The number of halogens is 1. The second-order valence-corrected chi connectivity index (χ2v) is 5.12. The molecule has 0 aliphatic heterocycles. The van der Waals surface area contributed by atoms with E-state index in [9.17, 15) is 4.79 Å². The van der Waals surface area contributed by atoms with Crippen LogP contribution in [-0.4, -0.2) is 25.6 Å². The molecule has 0 saturated heterocycles. The van der Waals surface area contributed by atoms with Gasteiger partial charge in [-0.05, 0) is 24.6 Å². The van der Waals surface area contributed by atoms with Gasteiger partial charge in [0.1, 0.15) is 5.75 Å². The maximum atomic E-state index is 11.5. The second-order valence-electron chi connectivity index (χ2n) is 5.12. The number of carbonyl (C=O) groups excluding carboxylic acids is 1. The molecule has 5 heteroatoms. The highest BCUT2D eigenvalue weighted by Crippen LogP contribution is 2.25. The summed E-state index contributed by atoms with van der Waals surface area (Å²) in [6, 6.07) is 7.38. The predicted octanol–water partition coefficient (Wildman–Crippen LogP) is 1.86. The van der Waals surface area contributed by atoms with Gasteiger partial charge in [0.05, 0.1) is 13.2 Å². The Morgan fingerprint density at radius 1 is 1.47 bits per heavy atom. The van der Waals surface area contributed by atoms with E-state index in [1.807, 2.05) is 24.3 Å². The third kappa shape index (κ3) is 5.09. The van der Waals surface area contributed by atoms with E-state index >= 15 is 0 Å². The molecule has 0 heterocycles. The fraction of sp³-hybridized carbons (Fsp3) is 0.500. The summed E-state index contributed by atoms with van der Waals surface area (Å²) in [6.45, 7) is 6.36. The largest absolute Gasteiger partial charge is 0.497 e. The lowest BCUT2D eigenvalue weighted by Crippen LogP contribution is -2.43. The zero-order valence-electron chi connectivity index (χ0n) is 11.9. The first-order valence-corrected chi connectivity index (χ1v) is 6.04. The van der Waals surface area contributed by atoms with Gasteiger partial charge in [-0.3, -0.25) is 4.79 Å². The zero-order valence-corrected chi connectivity index (χ0v) is 12.7. The SMILES string of the molecule is COc1cccc(C(C)(C)CNC(=O)C(C)N)c1.Cl. The smallest absolute Gasteiger partial charge is 0.236 e. The highest BCUT2D eigenvalue weighted by atomic mass is 35.5. The molecule has 4 nitrogen and oxygen atoms in total. The first-order chi connectivity index (χ1) is 8.36. The molecular weight excluding hydrogens is 264 g/mol. The molecule has 0 saturated carbocycles. The molecule has 0 spiro atoms. The molecule has 1 aromatic rings. The summed E-state index contributed by atoms with van der Waals surface area (Å²) in [6.07, 6.45) is 0. The van der Waals surface area contributed by atoms with Gasteiger partial charge in [-0.25, -0.2) is 0 Å². The van der Waals surface area contributed by atoms with Crippen LogP contribution in [0.2, 0.25) is 0 Å². The average molecular weight is 287 g/mol. The van der Waals surface area contributed by atoms with E-state index in [0.29, 0.717) is 6.54 Å². The van der Waals surface area contributed by atoms with Crippen LogP contribution in [0.1, 0.15) is 26.3 Å². The molecule has 0 aliphatic rings. The lowest BCUT2D eigenvalue weighted by molar-refractivity contribution is -0.122. The first-order valence-electron chi connectivity index (χ1n) is 6.04. The van der Waals surface area contributed by atoms with Gasteiger partial charge in [0.25, 0.3) is 0 Å². The van der Waals surface area contributed by atoms with Crippen molar-refractivity contribution >= 4 is 18.3 Å². The van der Waals surface area contributed by atoms with Crippen molar-refractivity contribution in [2.75, 3.05) is 13.7 Å². The number of benzene rings is 1. The number of ether oxygens (including phenoxy) is 1. The maximum absolute atomic E-state index is 11.5. The number of carbonyl (C=O) groups is 1. The van der Waals surface area contributed by atoms with Gasteiger partial charge in [0.2, 0.25) is 5.91 Å². The van der Waals surface area contributed by atoms with Crippen LogP contribution in [0.4, 0.5) is 0 Å². The van der Waals surface area contributed by atoms with Crippen LogP contribution >= 0.6 is 12.4 Å². The van der Waals surface area contributed by atoms with Crippen LogP contribution in [-0.2, 0) is 10.2 Å². The van der Waals surface area contributed by atoms with E-state index in [2.05, 4.69) is 19.2 Å². The van der Waals surface area contributed by atoms with Crippen LogP contribution < -0.4 is 15.8 Å². The van der Waals surface area contributed by atoms with Crippen molar-refractivity contribution in [1.82, 2.24) is 5.32 Å². The number of nitrogens with two attached hydrogens (primary N) is 1. The topological polar surface area (TPSA) is 64.3 Å². The van der Waals surface area contributed by atoms with Crippen molar-refractivity contribution in [3.63, 3.8) is 0 Å². The molecular formula is C14H23ClN2O2. The summed E-state index contributed by atoms with van der Waals surface area (Å²) < 4.78 is 5.21. The van der Waals surface area contributed by atoms with Gasteiger partial charge in [0, 0.05) is 12.0 Å². The van der Waals surface area contributed by atoms with Crippen LogP contribution in [0, 0.1) is 0 Å². The van der Waals surface area contributed by atoms with Crippen molar-refractivity contribution in [2.24, 2.45) is 5.73 Å². The molecule has 108 valence electrons. The van der Waals surface area contributed by atoms with E-state index in [1.165, 1.54) is 0 Å². The molecule has 19 heavy (non-hydrogen) atoms. The molecule has 1 rings (SSSR count). The number of amides is 1. The minimum Gasteiger partial charge on any atom is -0.497 e. The van der Waals surface area contributed by atoms with Crippen molar-refractivity contribution in [2.45, 2.75) is 32.2 Å². The Hall–Kier alpha value is -1.26. The molecule has 1 aromatic carbocycles. The number of nitrogens with one attached hydrogen (secondary N) is 1. The summed E-state index contributed by atoms with van der Waals surface area (Å²) >= 11 is 0. The number of hydrogen-bond donors (Lipinski definition) is 2. The lowest BCUT2D eigenvalue weighted by Gasteiger charge is -2.26. The Morgan fingerprint density at radius 3 is 2.63 bits per heavy atom. The van der Waals surface area contributed by atoms with E-state index in [-0.39, 0.29) is 23.7 Å². The van der Waals surface area contributed by atoms with Gasteiger partial charge in [-0.15, -0.1) is 12.4 Å². The third-order valence-electron chi connectivity index (χ3n) is 2.97. The summed E-state index contributed by atoms with van der Waals surface area (Å²) in [5.74, 6) is 0.685. The summed E-state index contributed by atoms with van der Waals surface area (Å²) in [5.41, 5.74) is 6.47. The molecule has 0 bridgehead atoms. The van der Waals surface area contributed by atoms with Gasteiger partial charge in [0.15, 0.2) is 0 Å². The highest BCUT2D eigenvalue weighted by molar-refractivity contribution is 5.85. The number of hydrogen-bond acceptors (Lipinski definition) is 3. The summed E-state index contributed by atoms with van der Waals surface area (Å²) in [4.78, 5) is 11.5. The van der Waals surface area contributed by atoms with Crippen LogP contribution in [0.25, 0.3) is 0 Å². The van der Waals surface area contributed by atoms with Gasteiger partial charge in [-0.2, -0.15) is 0 Å². The van der Waals surface area contributed by atoms with Crippen molar-refractivity contribution in [1.29, 1.82) is 0 Å². The molecule has 0 radical (unpaired) electrons. The Morgan fingerprint density at radius 2 is 2.11 bits per heavy atom. The maximum Gasteiger partial charge on any atom is 0.236 e. The molecule has 1 atom stereocenters. The Balaban J connectivity index is 0.00000324. The standard InChI is InChI=1S/C14H22N2O2.ClH/c1-10(15)13(17)16-9-14(2,3)11-6-5-7-12(8-11)18-4;/h5-8,10H,9,15H2,1-4H3,(H,16,17);1H. The molecule has 0 aliphatic carbocycles. The van der Waals surface area contributed by atoms with Crippen LogP contribution in [0.3, 0.4) is 0 Å². The van der Waals surface area contributed by atoms with E-state index in [4.69, 9.17) is 10.5 Å². The van der Waals surface area contributed by atoms with E-state index in [0.717, 1.165) is 11.3 Å². The second kappa shape index (κ2) is 7.36. The van der Waals surface area contributed by atoms with Gasteiger partial charge >= 0.3 is 0 Å². The average Bonchev–Trinajstić information content (AvgIpc) is 2.36. The fourth-order valence-electron chi connectivity index (χ4n) is 1.62. The minimum atomic E-state index is -0.480. The number of methoxy groups -OCH3 is 1. The zero-order chi connectivity index (χ0) is 13.8. The van der Waals surface area contributed by atoms with Crippen LogP contribution in [0.15, 0.2) is 24.3 Å². The summed E-state index contributed by atoms with van der Waals surface area (Å²) in [5, 5.41) is 2.85. The highest BCUT2D eigenvalue weighted by Gasteiger charge is 2.22. The predicted molar refractivity (Wildman–Crippen MR) is 79.9 cm³/mol. The first kappa shape index (κ1) is 17.7. The Labute approximate surface area is 121 Å². The normalized spacial score (nSPS) is 12.3. The van der Waals surface area contributed by atoms with E-state index in [1.54, 1.807) is 14.0 Å². The van der Waals surface area contributed by atoms with Crippen molar-refractivity contribution in [3.8, 4) is 5.75 Å². The monoisotopic (exact) mass is 286 g/mol. The van der Waals surface area contributed by atoms with Crippen LogP contribution in [0.5, 0.6) is 5.75 Å². The Bertz CT molecular complexity index is 420. The molecule has 1 unspecified atom stereocenters. The molecule has 0 aromatic heterocycles. The van der Waals surface area contributed by atoms with Crippen molar-refractivity contribution in [3.05, 3.63) is 29.8 Å². The third-order valence-corrected chi connectivity index (χ3v) is 2.97. The van der Waals surface area contributed by atoms with E-state index < -0.39 is 6.04 Å². The fourth-order valence-corrected chi connectivity index (χ4v) is 1.62. The quantitative estimate of drug-likeness (QED) is 0.868.